The van der Waals surface area contributed by atoms with E-state index < -0.39 is 5.25 Å². The zero-order chi connectivity index (χ0) is 25.7. The molecule has 0 aliphatic carbocycles. The van der Waals surface area contributed by atoms with Crippen molar-refractivity contribution in [3.05, 3.63) is 104 Å². The van der Waals surface area contributed by atoms with E-state index in [0.717, 1.165) is 16.8 Å². The van der Waals surface area contributed by atoms with Crippen molar-refractivity contribution in [3.63, 3.8) is 0 Å². The van der Waals surface area contributed by atoms with Gasteiger partial charge in [0.15, 0.2) is 16.7 Å². The molecular formula is C26H25BrN4O4S. The van der Waals surface area contributed by atoms with Crippen LogP contribution in [0, 0.1) is 24.0 Å². The average Bonchev–Trinajstić information content (AvgIpc) is 3.23. The molecule has 1 heterocycles. The summed E-state index contributed by atoms with van der Waals surface area (Å²) in [5.41, 5.74) is 3.76. The van der Waals surface area contributed by atoms with Crippen molar-refractivity contribution in [2.75, 3.05) is 13.7 Å². The maximum Gasteiger partial charge on any atom is 0.220 e. The van der Waals surface area contributed by atoms with Crippen LogP contribution in [0.25, 0.3) is 5.69 Å². The summed E-state index contributed by atoms with van der Waals surface area (Å²) in [4.78, 5) is 11.3. The molecule has 0 N–H and O–H groups in total. The maximum atomic E-state index is 11.6. The van der Waals surface area contributed by atoms with Crippen molar-refractivity contribution < 1.29 is 14.4 Å². The third-order valence-corrected chi connectivity index (χ3v) is 7.27. The number of hydrogen-bond acceptors (Lipinski definition) is 7. The number of rotatable bonds is 10. The Morgan fingerprint density at radius 1 is 1.08 bits per heavy atom. The molecule has 4 rings (SSSR count). The Morgan fingerprint density at radius 2 is 1.81 bits per heavy atom. The molecule has 1 aromatic heterocycles. The van der Waals surface area contributed by atoms with Crippen LogP contribution in [0.2, 0.25) is 0 Å². The zero-order valence-corrected chi connectivity index (χ0v) is 22.5. The van der Waals surface area contributed by atoms with Crippen LogP contribution in [-0.4, -0.2) is 33.3 Å². The fourth-order valence-electron chi connectivity index (χ4n) is 3.68. The lowest BCUT2D eigenvalue weighted by atomic mass is 10.1. The minimum Gasteiger partial charge on any atom is -0.493 e. The first kappa shape index (κ1) is 25.7. The highest BCUT2D eigenvalue weighted by atomic mass is 79.9. The van der Waals surface area contributed by atoms with E-state index in [1.807, 2.05) is 79.1 Å². The summed E-state index contributed by atoms with van der Waals surface area (Å²) in [6.07, 6.45) is 0. The molecule has 0 unspecified atom stereocenters. The molecular weight excluding hydrogens is 544 g/mol. The molecule has 3 aromatic carbocycles. The van der Waals surface area contributed by atoms with E-state index in [1.54, 1.807) is 13.2 Å². The van der Waals surface area contributed by atoms with E-state index in [-0.39, 0.29) is 11.5 Å². The predicted molar refractivity (Wildman–Crippen MR) is 143 cm³/mol. The maximum absolute atomic E-state index is 11.6. The number of thioether (sulfide) groups is 1. The lowest BCUT2D eigenvalue weighted by Gasteiger charge is -2.18. The molecule has 36 heavy (non-hydrogen) atoms. The van der Waals surface area contributed by atoms with E-state index >= 15 is 0 Å². The summed E-state index contributed by atoms with van der Waals surface area (Å²) < 4.78 is 14.2. The number of benzene rings is 3. The summed E-state index contributed by atoms with van der Waals surface area (Å²) in [5, 5.41) is 20.2. The Kier molecular flexibility index (Phi) is 8.27. The monoisotopic (exact) mass is 568 g/mol. The molecule has 0 saturated heterocycles. The smallest absolute Gasteiger partial charge is 0.220 e. The fraction of sp³-hybridized carbons (Fsp3) is 0.231. The largest absolute Gasteiger partial charge is 0.493 e. The first-order valence-electron chi connectivity index (χ1n) is 11.2. The van der Waals surface area contributed by atoms with Crippen LogP contribution in [-0.2, 0) is 6.61 Å². The fourth-order valence-corrected chi connectivity index (χ4v) is 5.41. The molecule has 0 aliphatic rings. The number of nitro groups is 1. The van der Waals surface area contributed by atoms with Crippen molar-refractivity contribution in [2.24, 2.45) is 0 Å². The van der Waals surface area contributed by atoms with Gasteiger partial charge in [0.1, 0.15) is 17.7 Å². The third-order valence-electron chi connectivity index (χ3n) is 5.50. The van der Waals surface area contributed by atoms with Gasteiger partial charge in [0.2, 0.25) is 6.54 Å². The van der Waals surface area contributed by atoms with Crippen LogP contribution in [0.4, 0.5) is 0 Å². The third kappa shape index (κ3) is 6.06. The van der Waals surface area contributed by atoms with Gasteiger partial charge in [-0.05, 0) is 65.2 Å². The molecule has 0 amide bonds. The molecule has 10 heteroatoms. The lowest BCUT2D eigenvalue weighted by molar-refractivity contribution is -0.479. The lowest BCUT2D eigenvalue weighted by Crippen LogP contribution is -2.12. The number of aromatic nitrogens is 3. The SMILES string of the molecule is COc1cc([C@@H](C[N+](=O)[O-])Sc2nnc(C)n2-c2ccc(C)cc2)cc(Br)c1OCc1ccccc1. The minimum absolute atomic E-state index is 0.301. The Bertz CT molecular complexity index is 1350. The molecule has 8 nitrogen and oxygen atoms in total. The van der Waals surface area contributed by atoms with Gasteiger partial charge in [-0.25, -0.2) is 0 Å². The van der Waals surface area contributed by atoms with Gasteiger partial charge >= 0.3 is 0 Å². The molecule has 0 spiro atoms. The first-order valence-corrected chi connectivity index (χ1v) is 12.8. The second kappa shape index (κ2) is 11.6. The highest BCUT2D eigenvalue weighted by Gasteiger charge is 2.26. The van der Waals surface area contributed by atoms with Crippen molar-refractivity contribution in [2.45, 2.75) is 30.9 Å². The van der Waals surface area contributed by atoms with Crippen LogP contribution in [0.15, 0.2) is 76.4 Å². The molecule has 4 aromatic rings. The van der Waals surface area contributed by atoms with Gasteiger partial charge in [0.25, 0.3) is 0 Å². The molecule has 186 valence electrons. The Morgan fingerprint density at radius 3 is 2.47 bits per heavy atom. The van der Waals surface area contributed by atoms with Gasteiger partial charge in [0.05, 0.1) is 11.6 Å². The summed E-state index contributed by atoms with van der Waals surface area (Å²) in [6, 6.07) is 21.4. The van der Waals surface area contributed by atoms with Crippen molar-refractivity contribution >= 4 is 27.7 Å². The van der Waals surface area contributed by atoms with Crippen molar-refractivity contribution in [3.8, 4) is 17.2 Å². The highest BCUT2D eigenvalue weighted by molar-refractivity contribution is 9.10. The van der Waals surface area contributed by atoms with Gasteiger partial charge in [0, 0.05) is 10.6 Å². The molecule has 0 bridgehead atoms. The van der Waals surface area contributed by atoms with Gasteiger partial charge in [-0.3, -0.25) is 14.7 Å². The predicted octanol–water partition coefficient (Wildman–Crippen LogP) is 6.34. The number of nitrogens with zero attached hydrogens (tertiary/aromatic N) is 4. The van der Waals surface area contributed by atoms with Gasteiger partial charge < -0.3 is 9.47 Å². The van der Waals surface area contributed by atoms with E-state index in [1.165, 1.54) is 11.8 Å². The number of hydrogen-bond donors (Lipinski definition) is 0. The molecule has 1 atom stereocenters. The van der Waals surface area contributed by atoms with Crippen LogP contribution in [0.5, 0.6) is 11.5 Å². The van der Waals surface area contributed by atoms with Crippen LogP contribution in [0.1, 0.15) is 27.8 Å². The quantitative estimate of drug-likeness (QED) is 0.125. The van der Waals surface area contributed by atoms with E-state index in [4.69, 9.17) is 9.47 Å². The second-order valence-corrected chi connectivity index (χ2v) is 10.2. The molecule has 0 radical (unpaired) electrons. The number of aryl methyl sites for hydroxylation is 2. The highest BCUT2D eigenvalue weighted by Crippen LogP contribution is 2.43. The summed E-state index contributed by atoms with van der Waals surface area (Å²) in [7, 11) is 1.55. The summed E-state index contributed by atoms with van der Waals surface area (Å²) >= 11 is 4.87. The van der Waals surface area contributed by atoms with Crippen LogP contribution < -0.4 is 9.47 Å². The second-order valence-electron chi connectivity index (χ2n) is 8.13. The number of methoxy groups -OCH3 is 1. The van der Waals surface area contributed by atoms with Crippen LogP contribution >= 0.6 is 27.7 Å². The van der Waals surface area contributed by atoms with Gasteiger partial charge in [-0.1, -0.05) is 59.8 Å². The minimum atomic E-state index is -0.541. The standard InChI is InChI=1S/C26H25BrN4O4S/c1-17-9-11-21(12-10-17)31-18(2)28-29-26(31)36-24(15-30(32)33)20-13-22(27)25(23(14-20)34-3)35-16-19-7-5-4-6-8-19/h4-14,24H,15-16H2,1-3H3/t24-/m1/s1. The van der Waals surface area contributed by atoms with E-state index in [2.05, 4.69) is 26.1 Å². The summed E-state index contributed by atoms with van der Waals surface area (Å²) in [6.45, 7) is 3.94. The Balaban J connectivity index is 1.65. The Hall–Kier alpha value is -3.37. The zero-order valence-electron chi connectivity index (χ0n) is 20.1. The average molecular weight is 569 g/mol. The number of halogens is 1. The van der Waals surface area contributed by atoms with Gasteiger partial charge in [-0.2, -0.15) is 0 Å². The summed E-state index contributed by atoms with van der Waals surface area (Å²) in [5.74, 6) is 1.72. The van der Waals surface area contributed by atoms with Crippen molar-refractivity contribution in [1.82, 2.24) is 14.8 Å². The van der Waals surface area contributed by atoms with Crippen molar-refractivity contribution in [1.29, 1.82) is 0 Å². The van der Waals surface area contributed by atoms with E-state index in [0.29, 0.717) is 39.1 Å². The topological polar surface area (TPSA) is 92.3 Å². The Labute approximate surface area is 221 Å². The van der Waals surface area contributed by atoms with Gasteiger partial charge in [-0.15, -0.1) is 10.2 Å². The normalized spacial score (nSPS) is 11.8. The first-order chi connectivity index (χ1) is 17.4. The van der Waals surface area contributed by atoms with Crippen LogP contribution in [0.3, 0.4) is 0 Å². The molecule has 0 fully saturated rings. The number of ether oxygens (including phenoxy) is 2. The molecule has 0 aliphatic heterocycles. The van der Waals surface area contributed by atoms with E-state index in [9.17, 15) is 10.1 Å². The molecule has 0 saturated carbocycles.